The molecule has 0 radical (unpaired) electrons. The lowest BCUT2D eigenvalue weighted by Crippen LogP contribution is -2.45. The molecule has 4 heteroatoms. The molecule has 1 saturated carbocycles. The average Bonchev–Trinajstić information content (AvgIpc) is 2.79. The standard InChI is InChI=1S/C8H13NO3/c10-4-7-2-5-1-6(5)3-9(7)8(11)12/h5-7,10H,1-4H2,(H,11,12)/t5-,6+,7+/m1/s1. The molecular weight excluding hydrogens is 158 g/mol. The van der Waals surface area contributed by atoms with E-state index in [1.807, 2.05) is 0 Å². The number of piperidine rings is 1. The van der Waals surface area contributed by atoms with Crippen molar-refractivity contribution in [2.24, 2.45) is 11.8 Å². The maximum atomic E-state index is 10.7. The summed E-state index contributed by atoms with van der Waals surface area (Å²) >= 11 is 0. The van der Waals surface area contributed by atoms with Gasteiger partial charge in [-0.3, -0.25) is 0 Å². The van der Waals surface area contributed by atoms with Crippen molar-refractivity contribution in [1.82, 2.24) is 4.90 Å². The Balaban J connectivity index is 2.03. The molecule has 1 aliphatic carbocycles. The lowest BCUT2D eigenvalue weighted by molar-refractivity contribution is 0.0747. The van der Waals surface area contributed by atoms with E-state index in [0.717, 1.165) is 12.8 Å². The molecule has 0 unspecified atom stereocenters. The zero-order chi connectivity index (χ0) is 8.72. The average molecular weight is 171 g/mol. The first-order chi connectivity index (χ1) is 5.72. The molecule has 1 aliphatic heterocycles. The third kappa shape index (κ3) is 1.16. The summed E-state index contributed by atoms with van der Waals surface area (Å²) in [7, 11) is 0. The van der Waals surface area contributed by atoms with E-state index >= 15 is 0 Å². The van der Waals surface area contributed by atoms with Crippen LogP contribution in [0.1, 0.15) is 12.8 Å². The van der Waals surface area contributed by atoms with Crippen molar-refractivity contribution in [2.75, 3.05) is 13.2 Å². The van der Waals surface area contributed by atoms with Gasteiger partial charge in [0.1, 0.15) is 0 Å². The van der Waals surface area contributed by atoms with Crippen LogP contribution >= 0.6 is 0 Å². The Hall–Kier alpha value is -0.770. The molecule has 4 nitrogen and oxygen atoms in total. The summed E-state index contributed by atoms with van der Waals surface area (Å²) in [5.41, 5.74) is 0. The number of amides is 1. The number of rotatable bonds is 1. The smallest absolute Gasteiger partial charge is 0.407 e. The predicted octanol–water partition coefficient (Wildman–Crippen LogP) is 0.367. The Morgan fingerprint density at radius 2 is 2.17 bits per heavy atom. The number of nitrogens with zero attached hydrogens (tertiary/aromatic N) is 1. The number of hydrogen-bond donors (Lipinski definition) is 2. The van der Waals surface area contributed by atoms with E-state index in [4.69, 9.17) is 10.2 Å². The third-order valence-corrected chi connectivity index (χ3v) is 2.97. The molecule has 0 aromatic rings. The van der Waals surface area contributed by atoms with Crippen LogP contribution in [0.15, 0.2) is 0 Å². The lowest BCUT2D eigenvalue weighted by atomic mass is 10.0. The predicted molar refractivity (Wildman–Crippen MR) is 41.8 cm³/mol. The van der Waals surface area contributed by atoms with Crippen LogP contribution in [0.5, 0.6) is 0 Å². The Kier molecular flexibility index (Phi) is 1.72. The number of carboxylic acid groups (broad SMARTS) is 1. The van der Waals surface area contributed by atoms with Crippen LogP contribution in [0.25, 0.3) is 0 Å². The molecule has 1 heterocycles. The van der Waals surface area contributed by atoms with Crippen molar-refractivity contribution in [3.05, 3.63) is 0 Å². The van der Waals surface area contributed by atoms with Gasteiger partial charge in [-0.15, -0.1) is 0 Å². The summed E-state index contributed by atoms with van der Waals surface area (Å²) in [4.78, 5) is 12.1. The zero-order valence-electron chi connectivity index (χ0n) is 6.81. The van der Waals surface area contributed by atoms with E-state index in [9.17, 15) is 4.79 Å². The number of fused-ring (bicyclic) bond motifs is 1. The molecule has 0 spiro atoms. The Morgan fingerprint density at radius 3 is 2.75 bits per heavy atom. The van der Waals surface area contributed by atoms with Crippen LogP contribution in [0.2, 0.25) is 0 Å². The maximum absolute atomic E-state index is 10.7. The van der Waals surface area contributed by atoms with Crippen molar-refractivity contribution >= 4 is 6.09 Å². The van der Waals surface area contributed by atoms with Gasteiger partial charge in [0.2, 0.25) is 0 Å². The van der Waals surface area contributed by atoms with Crippen LogP contribution in [0.3, 0.4) is 0 Å². The van der Waals surface area contributed by atoms with Crippen molar-refractivity contribution in [3.8, 4) is 0 Å². The van der Waals surface area contributed by atoms with Gasteiger partial charge in [-0.05, 0) is 24.7 Å². The minimum atomic E-state index is -0.889. The van der Waals surface area contributed by atoms with E-state index in [-0.39, 0.29) is 12.6 Å². The van der Waals surface area contributed by atoms with Gasteiger partial charge >= 0.3 is 6.09 Å². The maximum Gasteiger partial charge on any atom is 0.407 e. The number of likely N-dealkylation sites (tertiary alicyclic amines) is 1. The Morgan fingerprint density at radius 1 is 1.42 bits per heavy atom. The largest absolute Gasteiger partial charge is 0.465 e. The van der Waals surface area contributed by atoms with Gasteiger partial charge < -0.3 is 15.1 Å². The molecule has 3 atom stereocenters. The topological polar surface area (TPSA) is 60.8 Å². The summed E-state index contributed by atoms with van der Waals surface area (Å²) in [5.74, 6) is 1.28. The monoisotopic (exact) mass is 171 g/mol. The molecule has 0 aromatic heterocycles. The molecule has 0 aromatic carbocycles. The number of carbonyl (C=O) groups is 1. The number of hydrogen-bond acceptors (Lipinski definition) is 2. The van der Waals surface area contributed by atoms with E-state index in [1.54, 1.807) is 0 Å². The van der Waals surface area contributed by atoms with Crippen LogP contribution in [0.4, 0.5) is 4.79 Å². The van der Waals surface area contributed by atoms with Gasteiger partial charge in [-0.25, -0.2) is 4.79 Å². The van der Waals surface area contributed by atoms with Crippen molar-refractivity contribution < 1.29 is 15.0 Å². The van der Waals surface area contributed by atoms with Crippen LogP contribution in [-0.2, 0) is 0 Å². The van der Waals surface area contributed by atoms with Crippen molar-refractivity contribution in [2.45, 2.75) is 18.9 Å². The quantitative estimate of drug-likeness (QED) is 0.599. The molecule has 12 heavy (non-hydrogen) atoms. The summed E-state index contributed by atoms with van der Waals surface area (Å²) in [6, 6.07) is -0.147. The number of aliphatic hydroxyl groups excluding tert-OH is 1. The Labute approximate surface area is 70.8 Å². The molecule has 2 rings (SSSR count). The second-order valence-corrected chi connectivity index (χ2v) is 3.76. The highest BCUT2D eigenvalue weighted by molar-refractivity contribution is 5.65. The first kappa shape index (κ1) is 7.86. The highest BCUT2D eigenvalue weighted by Crippen LogP contribution is 2.46. The van der Waals surface area contributed by atoms with Gasteiger partial charge in [-0.1, -0.05) is 0 Å². The lowest BCUT2D eigenvalue weighted by Gasteiger charge is -2.31. The van der Waals surface area contributed by atoms with Gasteiger partial charge in [0.25, 0.3) is 0 Å². The van der Waals surface area contributed by atoms with E-state index in [1.165, 1.54) is 4.90 Å². The molecule has 68 valence electrons. The summed E-state index contributed by atoms with van der Waals surface area (Å²) in [5, 5.41) is 17.7. The summed E-state index contributed by atoms with van der Waals surface area (Å²) < 4.78 is 0. The first-order valence-corrected chi connectivity index (χ1v) is 4.32. The SMILES string of the molecule is O=C(O)N1C[C@@H]2C[C@@H]2C[C@H]1CO. The minimum Gasteiger partial charge on any atom is -0.465 e. The molecule has 1 saturated heterocycles. The minimum absolute atomic E-state index is 0.0322. The molecule has 0 bridgehead atoms. The molecule has 2 N–H and O–H groups in total. The van der Waals surface area contributed by atoms with E-state index < -0.39 is 6.09 Å². The summed E-state index contributed by atoms with van der Waals surface area (Å²) in [6.45, 7) is 0.598. The molecule has 1 amide bonds. The van der Waals surface area contributed by atoms with Crippen LogP contribution in [0, 0.1) is 11.8 Å². The fourth-order valence-electron chi connectivity index (χ4n) is 2.11. The van der Waals surface area contributed by atoms with Crippen molar-refractivity contribution in [1.29, 1.82) is 0 Å². The zero-order valence-corrected chi connectivity index (χ0v) is 6.81. The fraction of sp³-hybridized carbons (Fsp3) is 0.875. The Bertz CT molecular complexity index is 206. The fourth-order valence-corrected chi connectivity index (χ4v) is 2.11. The normalized spacial score (nSPS) is 39.1. The van der Waals surface area contributed by atoms with Crippen LogP contribution in [-0.4, -0.2) is 40.4 Å². The highest BCUT2D eigenvalue weighted by Gasteiger charge is 2.46. The summed E-state index contributed by atoms with van der Waals surface area (Å²) in [6.07, 6.45) is 1.12. The molecule has 2 fully saturated rings. The van der Waals surface area contributed by atoms with Gasteiger partial charge in [0.05, 0.1) is 12.6 Å². The first-order valence-electron chi connectivity index (χ1n) is 4.32. The van der Waals surface area contributed by atoms with Crippen LogP contribution < -0.4 is 0 Å². The molecular formula is C8H13NO3. The number of aliphatic hydroxyl groups is 1. The molecule has 2 aliphatic rings. The van der Waals surface area contributed by atoms with E-state index in [0.29, 0.717) is 18.4 Å². The van der Waals surface area contributed by atoms with Gasteiger partial charge in [-0.2, -0.15) is 0 Å². The van der Waals surface area contributed by atoms with Crippen molar-refractivity contribution in [3.63, 3.8) is 0 Å². The van der Waals surface area contributed by atoms with Gasteiger partial charge in [0.15, 0.2) is 0 Å². The van der Waals surface area contributed by atoms with Gasteiger partial charge in [0, 0.05) is 6.54 Å². The third-order valence-electron chi connectivity index (χ3n) is 2.97. The van der Waals surface area contributed by atoms with E-state index in [2.05, 4.69) is 0 Å². The second-order valence-electron chi connectivity index (χ2n) is 3.76. The highest BCUT2D eigenvalue weighted by atomic mass is 16.4. The second kappa shape index (κ2) is 2.62.